The summed E-state index contributed by atoms with van der Waals surface area (Å²) in [5.74, 6) is 2.14. The molecule has 5 nitrogen and oxygen atoms in total. The molecule has 3 atom stereocenters. The number of ether oxygens (including phenoxy) is 1. The Balaban J connectivity index is 1.57. The lowest BCUT2D eigenvalue weighted by molar-refractivity contribution is 0.0354. The normalized spacial score (nSPS) is 25.5. The molecule has 0 aromatic heterocycles. The molecule has 0 amide bonds. The van der Waals surface area contributed by atoms with Gasteiger partial charge in [0, 0.05) is 49.7 Å². The average molecular weight is 433 g/mol. The number of benzene rings is 1. The third-order valence-electron chi connectivity index (χ3n) is 6.46. The standard InChI is InChI=1S/C24H40N4OS/c1-4-30-22-12-8-11-21(17-22)27-23(25-3)26-18-24(13-15-29-16-14-24)28-19(2)20-9-6-5-7-10-20/h5-7,9-10,19,21-22,28H,4,8,11-18H2,1-3H3,(H2,25,26,27). The van der Waals surface area contributed by atoms with Crippen LogP contribution in [0, 0.1) is 0 Å². The van der Waals surface area contributed by atoms with Gasteiger partial charge in [0.15, 0.2) is 5.96 Å². The molecular formula is C24H40N4OS. The summed E-state index contributed by atoms with van der Waals surface area (Å²) in [7, 11) is 1.88. The Morgan fingerprint density at radius 2 is 2.00 bits per heavy atom. The molecule has 3 rings (SSSR count). The number of thioether (sulfide) groups is 1. The monoisotopic (exact) mass is 432 g/mol. The van der Waals surface area contributed by atoms with Gasteiger partial charge < -0.3 is 20.7 Å². The van der Waals surface area contributed by atoms with Crippen LogP contribution in [0.3, 0.4) is 0 Å². The highest BCUT2D eigenvalue weighted by Crippen LogP contribution is 2.28. The minimum Gasteiger partial charge on any atom is -0.381 e. The minimum atomic E-state index is 0.0122. The van der Waals surface area contributed by atoms with Gasteiger partial charge in [0.25, 0.3) is 0 Å². The molecule has 1 aliphatic carbocycles. The first kappa shape index (κ1) is 23.4. The van der Waals surface area contributed by atoms with Crippen molar-refractivity contribution in [3.05, 3.63) is 35.9 Å². The Bertz CT molecular complexity index is 646. The highest BCUT2D eigenvalue weighted by atomic mass is 32.2. The van der Waals surface area contributed by atoms with E-state index < -0.39 is 0 Å². The Labute approximate surface area is 187 Å². The largest absolute Gasteiger partial charge is 0.381 e. The molecule has 0 radical (unpaired) electrons. The maximum Gasteiger partial charge on any atom is 0.191 e. The molecule has 3 unspecified atom stereocenters. The summed E-state index contributed by atoms with van der Waals surface area (Å²) in [5.41, 5.74) is 1.34. The van der Waals surface area contributed by atoms with Crippen molar-refractivity contribution in [2.45, 2.75) is 75.2 Å². The molecule has 1 saturated carbocycles. The number of hydrogen-bond donors (Lipinski definition) is 3. The Morgan fingerprint density at radius 1 is 1.23 bits per heavy atom. The van der Waals surface area contributed by atoms with Gasteiger partial charge in [-0.1, -0.05) is 43.7 Å². The van der Waals surface area contributed by atoms with Crippen LogP contribution < -0.4 is 16.0 Å². The summed E-state index contributed by atoms with van der Waals surface area (Å²) in [5, 5.41) is 12.1. The van der Waals surface area contributed by atoms with Crippen molar-refractivity contribution in [1.29, 1.82) is 0 Å². The van der Waals surface area contributed by atoms with E-state index in [-0.39, 0.29) is 5.54 Å². The number of hydrogen-bond acceptors (Lipinski definition) is 4. The molecule has 2 fully saturated rings. The quantitative estimate of drug-likeness (QED) is 0.426. The number of nitrogens with one attached hydrogen (secondary N) is 3. The maximum absolute atomic E-state index is 5.69. The van der Waals surface area contributed by atoms with Crippen molar-refractivity contribution in [3.63, 3.8) is 0 Å². The van der Waals surface area contributed by atoms with Crippen LogP contribution in [0.4, 0.5) is 0 Å². The third kappa shape index (κ3) is 6.89. The van der Waals surface area contributed by atoms with Crippen LogP contribution in [0.2, 0.25) is 0 Å². The van der Waals surface area contributed by atoms with Gasteiger partial charge in [-0.25, -0.2) is 0 Å². The molecule has 1 heterocycles. The van der Waals surface area contributed by atoms with Crippen LogP contribution in [-0.4, -0.2) is 55.3 Å². The average Bonchev–Trinajstić information content (AvgIpc) is 2.78. The second-order valence-electron chi connectivity index (χ2n) is 8.68. The SMILES string of the molecule is CCSC1CCCC(NC(=NC)NCC2(NC(C)c3ccccc3)CCOCC2)C1. The lowest BCUT2D eigenvalue weighted by Gasteiger charge is -2.41. The van der Waals surface area contributed by atoms with Crippen molar-refractivity contribution < 1.29 is 4.74 Å². The van der Waals surface area contributed by atoms with Crippen LogP contribution in [0.25, 0.3) is 0 Å². The maximum atomic E-state index is 5.69. The van der Waals surface area contributed by atoms with E-state index >= 15 is 0 Å². The third-order valence-corrected chi connectivity index (χ3v) is 7.69. The van der Waals surface area contributed by atoms with E-state index in [1.54, 1.807) is 0 Å². The molecule has 1 aliphatic heterocycles. The van der Waals surface area contributed by atoms with Crippen molar-refractivity contribution in [2.24, 2.45) is 4.99 Å². The second kappa shape index (κ2) is 12.0. The highest BCUT2D eigenvalue weighted by molar-refractivity contribution is 7.99. The van der Waals surface area contributed by atoms with E-state index in [2.05, 4.69) is 76.9 Å². The van der Waals surface area contributed by atoms with Crippen LogP contribution >= 0.6 is 11.8 Å². The number of rotatable bonds is 8. The fourth-order valence-electron chi connectivity index (χ4n) is 4.72. The first-order chi connectivity index (χ1) is 14.6. The van der Waals surface area contributed by atoms with Gasteiger partial charge in [0.1, 0.15) is 0 Å². The first-order valence-electron chi connectivity index (χ1n) is 11.6. The zero-order chi connectivity index (χ0) is 21.2. The summed E-state index contributed by atoms with van der Waals surface area (Å²) in [6, 6.07) is 11.5. The summed E-state index contributed by atoms with van der Waals surface area (Å²) in [4.78, 5) is 4.53. The summed E-state index contributed by atoms with van der Waals surface area (Å²) in [6.45, 7) is 6.99. The topological polar surface area (TPSA) is 57.7 Å². The van der Waals surface area contributed by atoms with Crippen LogP contribution in [0.1, 0.15) is 64.0 Å². The lowest BCUT2D eigenvalue weighted by atomic mass is 9.88. The van der Waals surface area contributed by atoms with Crippen LogP contribution in [0.5, 0.6) is 0 Å². The van der Waals surface area contributed by atoms with Gasteiger partial charge >= 0.3 is 0 Å². The fraction of sp³-hybridized carbons (Fsp3) is 0.708. The van der Waals surface area contributed by atoms with Crippen LogP contribution in [0.15, 0.2) is 35.3 Å². The molecule has 6 heteroatoms. The van der Waals surface area contributed by atoms with Crippen molar-refractivity contribution in [1.82, 2.24) is 16.0 Å². The van der Waals surface area contributed by atoms with Gasteiger partial charge in [-0.2, -0.15) is 11.8 Å². The lowest BCUT2D eigenvalue weighted by Crippen LogP contribution is -2.59. The van der Waals surface area contributed by atoms with Gasteiger partial charge in [0.2, 0.25) is 0 Å². The molecule has 30 heavy (non-hydrogen) atoms. The van der Waals surface area contributed by atoms with E-state index in [1.807, 2.05) is 7.05 Å². The van der Waals surface area contributed by atoms with Crippen molar-refractivity contribution in [2.75, 3.05) is 32.6 Å². The minimum absolute atomic E-state index is 0.0122. The predicted molar refractivity (Wildman–Crippen MR) is 129 cm³/mol. The molecule has 1 aromatic rings. The summed E-state index contributed by atoms with van der Waals surface area (Å²) >= 11 is 2.11. The van der Waals surface area contributed by atoms with Gasteiger partial charge in [-0.15, -0.1) is 0 Å². The van der Waals surface area contributed by atoms with E-state index in [0.29, 0.717) is 12.1 Å². The second-order valence-corrected chi connectivity index (χ2v) is 10.3. The van der Waals surface area contributed by atoms with E-state index in [9.17, 15) is 0 Å². The smallest absolute Gasteiger partial charge is 0.191 e. The predicted octanol–water partition coefficient (Wildman–Crippen LogP) is 4.12. The summed E-state index contributed by atoms with van der Waals surface area (Å²) < 4.78 is 5.69. The number of aliphatic imine (C=N–C) groups is 1. The van der Waals surface area contributed by atoms with Crippen LogP contribution in [-0.2, 0) is 4.74 Å². The van der Waals surface area contributed by atoms with Crippen molar-refractivity contribution in [3.8, 4) is 0 Å². The van der Waals surface area contributed by atoms with Gasteiger partial charge in [-0.3, -0.25) is 4.99 Å². The molecule has 0 spiro atoms. The van der Waals surface area contributed by atoms with E-state index in [0.717, 1.165) is 43.8 Å². The molecule has 168 valence electrons. The highest BCUT2D eigenvalue weighted by Gasteiger charge is 2.34. The zero-order valence-corrected chi connectivity index (χ0v) is 19.8. The molecule has 2 aliphatic rings. The zero-order valence-electron chi connectivity index (χ0n) is 19.0. The molecule has 1 aromatic carbocycles. The molecule has 3 N–H and O–H groups in total. The Hall–Kier alpha value is -1.24. The van der Waals surface area contributed by atoms with Gasteiger partial charge in [0.05, 0.1) is 0 Å². The summed E-state index contributed by atoms with van der Waals surface area (Å²) in [6.07, 6.45) is 7.15. The van der Waals surface area contributed by atoms with Gasteiger partial charge in [-0.05, 0) is 50.3 Å². The fourth-order valence-corrected chi connectivity index (χ4v) is 5.90. The van der Waals surface area contributed by atoms with E-state index in [1.165, 1.54) is 37.0 Å². The Morgan fingerprint density at radius 3 is 2.70 bits per heavy atom. The van der Waals surface area contributed by atoms with E-state index in [4.69, 9.17) is 4.74 Å². The molecule has 0 bridgehead atoms. The first-order valence-corrected chi connectivity index (χ1v) is 12.7. The number of guanidine groups is 1. The van der Waals surface area contributed by atoms with Crippen molar-refractivity contribution >= 4 is 17.7 Å². The Kier molecular flexibility index (Phi) is 9.34. The molecular weight excluding hydrogens is 392 g/mol. The molecule has 1 saturated heterocycles. The number of nitrogens with zero attached hydrogens (tertiary/aromatic N) is 1.